The minimum atomic E-state index is -0.277. The molecule has 0 aromatic heterocycles. The normalized spacial score (nSPS) is 12.0. The van der Waals surface area contributed by atoms with Crippen molar-refractivity contribution in [1.82, 2.24) is 0 Å². The Bertz CT molecular complexity index is 646. The predicted octanol–water partition coefficient (Wildman–Crippen LogP) is 5.77. The third-order valence-electron chi connectivity index (χ3n) is 2.71. The number of anilines is 1. The quantitative estimate of drug-likeness (QED) is 0.702. The van der Waals surface area contributed by atoms with E-state index in [1.807, 2.05) is 19.1 Å². The summed E-state index contributed by atoms with van der Waals surface area (Å²) in [6, 6.07) is 12.5. The van der Waals surface area contributed by atoms with Gasteiger partial charge in [0, 0.05) is 9.92 Å². The summed E-state index contributed by atoms with van der Waals surface area (Å²) in [7, 11) is 0. The van der Waals surface area contributed by atoms with Crippen LogP contribution in [-0.2, 0) is 4.79 Å². The minimum absolute atomic E-state index is 0.140. The molecule has 0 heterocycles. The number of thioether (sulfide) groups is 1. The number of carbonyl (C=O) groups is 1. The lowest BCUT2D eigenvalue weighted by molar-refractivity contribution is -0.115. The second kappa shape index (κ2) is 7.41. The Morgan fingerprint density at radius 3 is 2.43 bits per heavy atom. The third kappa shape index (κ3) is 4.55. The fraction of sp³-hybridized carbons (Fsp3) is 0.133. The Morgan fingerprint density at radius 2 is 1.76 bits per heavy atom. The Hall–Kier alpha value is -0.870. The van der Waals surface area contributed by atoms with Gasteiger partial charge < -0.3 is 5.32 Å². The summed E-state index contributed by atoms with van der Waals surface area (Å²) < 4.78 is 0. The van der Waals surface area contributed by atoms with Gasteiger partial charge in [0.15, 0.2) is 0 Å². The average Bonchev–Trinajstić information content (AvgIpc) is 2.46. The summed E-state index contributed by atoms with van der Waals surface area (Å²) in [5.74, 6) is -0.140. The van der Waals surface area contributed by atoms with Gasteiger partial charge in [-0.2, -0.15) is 0 Å². The molecule has 0 bridgehead atoms. The molecule has 1 amide bonds. The number of halogens is 3. The highest BCUT2D eigenvalue weighted by Crippen LogP contribution is 2.31. The van der Waals surface area contributed by atoms with Crippen molar-refractivity contribution in [1.29, 1.82) is 0 Å². The van der Waals surface area contributed by atoms with Crippen molar-refractivity contribution >= 4 is 58.2 Å². The Kier molecular flexibility index (Phi) is 5.82. The van der Waals surface area contributed by atoms with Crippen LogP contribution in [0.4, 0.5) is 5.69 Å². The number of hydrogen-bond acceptors (Lipinski definition) is 2. The molecule has 21 heavy (non-hydrogen) atoms. The molecule has 0 saturated heterocycles. The lowest BCUT2D eigenvalue weighted by atomic mass is 10.3. The zero-order chi connectivity index (χ0) is 15.4. The maximum absolute atomic E-state index is 12.2. The zero-order valence-corrected chi connectivity index (χ0v) is 14.2. The molecule has 0 saturated carbocycles. The Balaban J connectivity index is 2.02. The minimum Gasteiger partial charge on any atom is -0.324 e. The van der Waals surface area contributed by atoms with E-state index < -0.39 is 0 Å². The average molecular weight is 361 g/mol. The van der Waals surface area contributed by atoms with Crippen LogP contribution in [0.1, 0.15) is 6.92 Å². The molecular formula is C15H12Cl3NOS. The van der Waals surface area contributed by atoms with Crippen LogP contribution in [0.25, 0.3) is 0 Å². The van der Waals surface area contributed by atoms with E-state index in [-0.39, 0.29) is 11.2 Å². The Morgan fingerprint density at radius 1 is 1.10 bits per heavy atom. The standard InChI is InChI=1S/C15H12Cl3NOS/c1-9(21-11-7-5-10(16)6-8-11)15(20)19-13-4-2-3-12(17)14(13)18/h2-9H,1H3,(H,19,20). The molecule has 2 aromatic rings. The second-order valence-electron chi connectivity index (χ2n) is 4.30. The monoisotopic (exact) mass is 359 g/mol. The molecule has 1 N–H and O–H groups in total. The number of rotatable bonds is 4. The first-order valence-electron chi connectivity index (χ1n) is 6.14. The molecule has 0 radical (unpaired) electrons. The van der Waals surface area contributed by atoms with Gasteiger partial charge in [0.25, 0.3) is 0 Å². The van der Waals surface area contributed by atoms with Crippen LogP contribution >= 0.6 is 46.6 Å². The molecule has 2 rings (SSSR count). The van der Waals surface area contributed by atoms with E-state index in [2.05, 4.69) is 5.32 Å². The van der Waals surface area contributed by atoms with Gasteiger partial charge in [-0.3, -0.25) is 4.79 Å². The molecule has 0 fully saturated rings. The van der Waals surface area contributed by atoms with Crippen molar-refractivity contribution in [3.05, 3.63) is 57.5 Å². The molecule has 2 nitrogen and oxygen atoms in total. The Labute approximate surface area is 142 Å². The molecule has 1 atom stereocenters. The van der Waals surface area contributed by atoms with E-state index >= 15 is 0 Å². The zero-order valence-electron chi connectivity index (χ0n) is 11.1. The molecule has 6 heteroatoms. The summed E-state index contributed by atoms with van der Waals surface area (Å²) in [4.78, 5) is 13.2. The van der Waals surface area contributed by atoms with Crippen LogP contribution in [0.5, 0.6) is 0 Å². The van der Waals surface area contributed by atoms with Gasteiger partial charge in [-0.25, -0.2) is 0 Å². The van der Waals surface area contributed by atoms with Crippen LogP contribution in [0.15, 0.2) is 47.4 Å². The van der Waals surface area contributed by atoms with E-state index in [1.165, 1.54) is 11.8 Å². The highest BCUT2D eigenvalue weighted by molar-refractivity contribution is 8.00. The van der Waals surface area contributed by atoms with Crippen LogP contribution in [0.2, 0.25) is 15.1 Å². The van der Waals surface area contributed by atoms with Crippen molar-refractivity contribution in [2.75, 3.05) is 5.32 Å². The highest BCUT2D eigenvalue weighted by atomic mass is 35.5. The maximum atomic E-state index is 12.2. The highest BCUT2D eigenvalue weighted by Gasteiger charge is 2.16. The second-order valence-corrected chi connectivity index (χ2v) is 6.94. The maximum Gasteiger partial charge on any atom is 0.237 e. The molecule has 0 spiro atoms. The van der Waals surface area contributed by atoms with E-state index in [4.69, 9.17) is 34.8 Å². The van der Waals surface area contributed by atoms with E-state index in [0.717, 1.165) is 4.90 Å². The first-order chi connectivity index (χ1) is 9.97. The summed E-state index contributed by atoms with van der Waals surface area (Å²) in [6.07, 6.45) is 0. The fourth-order valence-corrected chi connectivity index (χ4v) is 2.95. The van der Waals surface area contributed by atoms with Crippen molar-refractivity contribution < 1.29 is 4.79 Å². The van der Waals surface area contributed by atoms with Crippen molar-refractivity contribution in [3.63, 3.8) is 0 Å². The summed E-state index contributed by atoms with van der Waals surface area (Å²) in [5, 5.41) is 3.93. The van der Waals surface area contributed by atoms with E-state index in [9.17, 15) is 4.79 Å². The van der Waals surface area contributed by atoms with E-state index in [1.54, 1.807) is 30.3 Å². The number of hydrogen-bond donors (Lipinski definition) is 1. The molecule has 110 valence electrons. The third-order valence-corrected chi connectivity index (χ3v) is 4.89. The summed E-state index contributed by atoms with van der Waals surface area (Å²) in [5.41, 5.74) is 0.512. The number of benzene rings is 2. The van der Waals surface area contributed by atoms with E-state index in [0.29, 0.717) is 20.8 Å². The van der Waals surface area contributed by atoms with Gasteiger partial charge in [0.1, 0.15) is 0 Å². The van der Waals surface area contributed by atoms with Crippen molar-refractivity contribution in [3.8, 4) is 0 Å². The summed E-state index contributed by atoms with van der Waals surface area (Å²) >= 11 is 19.2. The van der Waals surface area contributed by atoms with Gasteiger partial charge in [-0.1, -0.05) is 40.9 Å². The lowest BCUT2D eigenvalue weighted by Crippen LogP contribution is -2.22. The van der Waals surface area contributed by atoms with Gasteiger partial charge in [0.05, 0.1) is 21.0 Å². The topological polar surface area (TPSA) is 29.1 Å². The predicted molar refractivity (Wildman–Crippen MR) is 91.9 cm³/mol. The first-order valence-corrected chi connectivity index (χ1v) is 8.16. The first kappa shape index (κ1) is 16.5. The molecule has 0 aliphatic heterocycles. The molecular weight excluding hydrogens is 349 g/mol. The van der Waals surface area contributed by atoms with Crippen molar-refractivity contribution in [2.45, 2.75) is 17.1 Å². The fourth-order valence-electron chi connectivity index (χ4n) is 1.61. The number of carbonyl (C=O) groups excluding carboxylic acids is 1. The van der Waals surface area contributed by atoms with Gasteiger partial charge in [-0.05, 0) is 43.3 Å². The largest absolute Gasteiger partial charge is 0.324 e. The van der Waals surface area contributed by atoms with Crippen LogP contribution in [0, 0.1) is 0 Å². The SMILES string of the molecule is CC(Sc1ccc(Cl)cc1)C(=O)Nc1cccc(Cl)c1Cl. The summed E-state index contributed by atoms with van der Waals surface area (Å²) in [6.45, 7) is 1.83. The van der Waals surface area contributed by atoms with Gasteiger partial charge >= 0.3 is 0 Å². The lowest BCUT2D eigenvalue weighted by Gasteiger charge is -2.13. The molecule has 1 unspecified atom stereocenters. The van der Waals surface area contributed by atoms with Gasteiger partial charge in [-0.15, -0.1) is 11.8 Å². The van der Waals surface area contributed by atoms with Crippen LogP contribution in [0.3, 0.4) is 0 Å². The number of amides is 1. The molecule has 2 aromatic carbocycles. The van der Waals surface area contributed by atoms with Crippen molar-refractivity contribution in [2.24, 2.45) is 0 Å². The number of nitrogens with one attached hydrogen (secondary N) is 1. The van der Waals surface area contributed by atoms with Gasteiger partial charge in [0.2, 0.25) is 5.91 Å². The van der Waals surface area contributed by atoms with Crippen LogP contribution < -0.4 is 5.32 Å². The van der Waals surface area contributed by atoms with Crippen LogP contribution in [-0.4, -0.2) is 11.2 Å². The molecule has 0 aliphatic carbocycles. The molecule has 0 aliphatic rings. The smallest absolute Gasteiger partial charge is 0.237 e.